The first kappa shape index (κ1) is 147. The number of methoxy groups -OCH3 is 1. The maximum absolute atomic E-state index is 12.6. The summed E-state index contributed by atoms with van der Waals surface area (Å²) in [6, 6.07) is 48.8. The summed E-state index contributed by atoms with van der Waals surface area (Å²) in [6.07, 6.45) is 40.8. The number of ketones is 2. The van der Waals surface area contributed by atoms with Gasteiger partial charge in [-0.25, -0.2) is 0 Å². The van der Waals surface area contributed by atoms with Crippen LogP contribution in [0.1, 0.15) is 270 Å². The summed E-state index contributed by atoms with van der Waals surface area (Å²) in [5, 5.41) is 17.3. The molecular formula is C104H147Br14Cl6I4NO7. The van der Waals surface area contributed by atoms with E-state index in [0.717, 1.165) is 101 Å². The third kappa shape index (κ3) is 84.0. The summed E-state index contributed by atoms with van der Waals surface area (Å²) in [6.45, 7) is 7.27. The van der Waals surface area contributed by atoms with E-state index in [9.17, 15) is 19.2 Å². The largest absolute Gasteiger partial charge is 0.481 e. The highest BCUT2D eigenvalue weighted by Gasteiger charge is 2.32. The van der Waals surface area contributed by atoms with E-state index in [1.165, 1.54) is 242 Å². The van der Waals surface area contributed by atoms with E-state index < -0.39 is 5.97 Å². The van der Waals surface area contributed by atoms with Crippen LogP contribution in [0.4, 0.5) is 5.69 Å². The molecule has 0 aliphatic heterocycles. The molecule has 2 unspecified atom stereocenters. The van der Waals surface area contributed by atoms with Crippen molar-refractivity contribution in [2.45, 2.75) is 264 Å². The van der Waals surface area contributed by atoms with E-state index in [1.807, 2.05) is 72.8 Å². The molecule has 8 nitrogen and oxygen atoms in total. The molecule has 1 fully saturated rings. The lowest BCUT2D eigenvalue weighted by Crippen LogP contribution is -2.27. The molecule has 0 radical (unpaired) electrons. The van der Waals surface area contributed by atoms with Gasteiger partial charge in [0.25, 0.3) is 0 Å². The summed E-state index contributed by atoms with van der Waals surface area (Å²) in [4.78, 5) is 48.8. The molecule has 0 aromatic heterocycles. The quantitative estimate of drug-likeness (QED) is 0.0132. The molecule has 1 N–H and O–H groups in total. The van der Waals surface area contributed by atoms with E-state index in [4.69, 9.17) is 84.2 Å². The number of aryl methyl sites for hydroxylation is 1. The van der Waals surface area contributed by atoms with Gasteiger partial charge < -0.3 is 19.5 Å². The number of benzene rings is 6. The number of Topliss-reactive ketones (excluding diaryl/α,β-unsaturated/α-hetero) is 1. The fourth-order valence-corrected chi connectivity index (χ4v) is 22.1. The maximum atomic E-state index is 12.6. The molecule has 0 heterocycles. The first-order valence-electron chi connectivity index (χ1n) is 46.6. The summed E-state index contributed by atoms with van der Waals surface area (Å²) in [5.41, 5.74) is 14.1. The highest BCUT2D eigenvalue weighted by Crippen LogP contribution is 2.47. The number of alkyl halides is 24. The van der Waals surface area contributed by atoms with Gasteiger partial charge in [-0.15, -0.1) is 69.6 Å². The van der Waals surface area contributed by atoms with Gasteiger partial charge in [0, 0.05) is 140 Å². The van der Waals surface area contributed by atoms with Gasteiger partial charge in [0.1, 0.15) is 11.4 Å². The lowest BCUT2D eigenvalue weighted by molar-refractivity contribution is -0.142. The molecule has 2 aliphatic carbocycles. The van der Waals surface area contributed by atoms with Crippen LogP contribution in [0, 0.1) is 0 Å². The number of aliphatic carboxylic acids is 1. The number of esters is 1. The van der Waals surface area contributed by atoms with Crippen LogP contribution in [-0.4, -0.2) is 155 Å². The average molecular weight is 3360 g/mol. The summed E-state index contributed by atoms with van der Waals surface area (Å²) in [7, 11) is 1.48. The van der Waals surface area contributed by atoms with Crippen molar-refractivity contribution in [2.75, 3.05) is 112 Å². The van der Waals surface area contributed by atoms with Gasteiger partial charge in [0.2, 0.25) is 0 Å². The topological polar surface area (TPSA) is 110 Å². The third-order valence-electron chi connectivity index (χ3n) is 19.7. The number of carboxylic acid groups (broad SMARTS) is 1. The molecule has 0 bridgehead atoms. The predicted octanol–water partition coefficient (Wildman–Crippen LogP) is 41.7. The number of carbonyl (C=O) groups excluding carboxylic acids is 3. The van der Waals surface area contributed by atoms with Crippen LogP contribution in [0.25, 0.3) is 11.1 Å². The van der Waals surface area contributed by atoms with E-state index in [1.54, 1.807) is 6.92 Å². The molecule has 6 aromatic rings. The number of carbonyl (C=O) groups is 4. The second-order valence-electron chi connectivity index (χ2n) is 30.8. The molecule has 0 amide bonds. The molecule has 32 heteroatoms. The number of ether oxygens (including phenoxy) is 2. The molecule has 8 rings (SSSR count). The number of allylic oxidation sites excluding steroid dienone is 1. The number of nitrogens with zero attached hydrogens (tertiary/aromatic N) is 1. The van der Waals surface area contributed by atoms with E-state index in [0.29, 0.717) is 61.1 Å². The molecule has 778 valence electrons. The molecule has 6 atom stereocenters. The van der Waals surface area contributed by atoms with Crippen LogP contribution < -0.4 is 4.90 Å². The Kier molecular flexibility index (Phi) is 118. The van der Waals surface area contributed by atoms with Crippen molar-refractivity contribution in [2.24, 2.45) is 0 Å². The van der Waals surface area contributed by atoms with E-state index in [2.05, 4.69) is 398 Å². The van der Waals surface area contributed by atoms with Gasteiger partial charge >= 0.3 is 11.9 Å². The molecule has 6 aromatic carbocycles. The average Bonchev–Trinajstić information content (AvgIpc) is 1.64. The van der Waals surface area contributed by atoms with Crippen LogP contribution in [0.15, 0.2) is 158 Å². The fraction of sp³-hybridized carbons (Fsp3) is 0.596. The Morgan fingerprint density at radius 2 is 0.772 bits per heavy atom. The zero-order valence-electron chi connectivity index (χ0n) is 79.1. The highest BCUT2D eigenvalue weighted by molar-refractivity contribution is 14.1. The minimum Gasteiger partial charge on any atom is -0.481 e. The Morgan fingerprint density at radius 3 is 1.05 bits per heavy atom. The summed E-state index contributed by atoms with van der Waals surface area (Å²) >= 11 is 91.3. The van der Waals surface area contributed by atoms with Crippen LogP contribution in [0.3, 0.4) is 0 Å². The Bertz CT molecular complexity index is 3540. The third-order valence-corrected chi connectivity index (χ3v) is 37.3. The Balaban J connectivity index is -0.000000715. The van der Waals surface area contributed by atoms with Crippen molar-refractivity contribution in [3.63, 3.8) is 0 Å². The van der Waals surface area contributed by atoms with Crippen LogP contribution in [-0.2, 0) is 52.7 Å². The minimum atomic E-state index is -0.743. The van der Waals surface area contributed by atoms with E-state index in [-0.39, 0.29) is 49.9 Å². The number of carboxylic acids is 1. The number of hydrogen-bond donors (Lipinski definition) is 1. The Hall–Kier alpha value is 4.48. The van der Waals surface area contributed by atoms with Gasteiger partial charge in [-0.3, -0.25) is 19.2 Å². The van der Waals surface area contributed by atoms with Crippen molar-refractivity contribution >= 4 is 412 Å². The lowest BCUT2D eigenvalue weighted by atomic mass is 9.99. The first-order valence-corrected chi connectivity index (χ1v) is 70.4. The molecule has 0 saturated heterocycles. The molecule has 0 spiro atoms. The zero-order valence-corrected chi connectivity index (χ0v) is 114. The Morgan fingerprint density at radius 1 is 0.441 bits per heavy atom. The zero-order chi connectivity index (χ0) is 102. The van der Waals surface area contributed by atoms with Crippen LogP contribution in [0.2, 0.25) is 0 Å². The fourth-order valence-electron chi connectivity index (χ4n) is 12.1. The van der Waals surface area contributed by atoms with Gasteiger partial charge in [-0.05, 0) is 167 Å². The SMILES string of the molecule is BrCCBr.BrCCCCCCCCCCCBr.BrCCCCCCCCCCCCBr.BrCc1ccc(CBr)cc1.Br[C@H]1CCCC[C@@H]1Br.C=C(CCl)CCl.CCOC(=O)[C@@H](Br)CC[C@@H](Br)C(=O)COC.ClCc1ccc(-c2ccc(CCl)cc2)cc1.ICCCCCI.ICCCI.O=C(O)CCCc1ccc(N(CCCl)CCCl)cc1.O=C1c2ccccc2C(Br)C(Br)c2ccccc21. The summed E-state index contributed by atoms with van der Waals surface area (Å²) in [5.74, 6) is 2.25. The van der Waals surface area contributed by atoms with Gasteiger partial charge in [-0.2, -0.15) is 0 Å². The van der Waals surface area contributed by atoms with Gasteiger partial charge in [0.05, 0.1) is 21.1 Å². The normalized spacial score (nSPS) is 13.8. The number of rotatable bonds is 52. The summed E-state index contributed by atoms with van der Waals surface area (Å²) < 4.78 is 14.8. The molecule has 136 heavy (non-hydrogen) atoms. The smallest absolute Gasteiger partial charge is 0.319 e. The van der Waals surface area contributed by atoms with Crippen molar-refractivity contribution in [3.8, 4) is 11.1 Å². The van der Waals surface area contributed by atoms with Gasteiger partial charge in [-0.1, -0.05) is 569 Å². The highest BCUT2D eigenvalue weighted by atomic mass is 127. The first-order chi connectivity index (χ1) is 65.8. The van der Waals surface area contributed by atoms with Crippen molar-refractivity contribution in [3.05, 3.63) is 208 Å². The predicted molar refractivity (Wildman–Crippen MR) is 690 cm³/mol. The Labute approximate surface area is 1020 Å². The second-order valence-corrected chi connectivity index (χ2v) is 49.4. The minimum absolute atomic E-state index is 0.0222. The number of hydrogen-bond acceptors (Lipinski definition) is 7. The molecule has 2 aliphatic rings. The van der Waals surface area contributed by atoms with Crippen LogP contribution in [0.5, 0.6) is 0 Å². The number of fused-ring (bicyclic) bond motifs is 2. The standard InChI is InChI=1S/C15H10Br2O.C14H19Cl2NO2.C14H12Cl2.C12H24Br2.C11H22Br2.C10H16Br2O4.C8H8Br2.C6H10Br2.C5H10I2.C4H6Cl2.C3H6I2.C2H4Br2/c16-13-9-5-1-3-7-11(9)15(18)12-8-4-2-6-10(12)14(13)17;15-8-10-17(11-9-16)13-6-4-12(5-7-13)2-1-3-14(18)19;15-9-11-1-5-13(6-2-11)14-7-3-12(10-16)4-8-14;13-11-9-7-5-3-1-2-4-6-8-10-12-14;12-10-8-6-4-2-1-3-5-7-9-11-13;1-3-16-10(14)8(12)5-4-7(11)9(13)6-15-2;9-5-7-1-2-8(6-10)4-3-7;7-5-3-1-2-4-6(5)8;6-4-2-1-3-5-7;1-4(2-5)3-6;4-2-1-3-5;3-1-2-4/h1-8,13-14H;4-7H,1-3,8-11H2,(H,18,19);1-8H,9-10H2;1-12H2;1-11H2;7-8H,3-6H2,1-2H3;1-4H,5-6H2;5-6H,1-4H2;1-5H2;1-3H2;1-3H2;1-2H2/t;;;;;7-,8+;;5-,6-;;;;/m.....1.0..../s1. The molecule has 1 saturated carbocycles. The number of unbranched alkanes of at least 4 members (excludes halogenated alkanes) is 19. The van der Waals surface area contributed by atoms with Crippen molar-refractivity contribution < 1.29 is 33.8 Å². The van der Waals surface area contributed by atoms with E-state index >= 15 is 0 Å². The monoisotopic (exact) mass is 3340 g/mol. The van der Waals surface area contributed by atoms with Gasteiger partial charge in [0.15, 0.2) is 11.6 Å². The van der Waals surface area contributed by atoms with Crippen LogP contribution >= 0.6 is 383 Å². The lowest BCUT2D eigenvalue weighted by Gasteiger charge is -2.23. The number of halogens is 24. The second kappa shape index (κ2) is 109. The molecular weight excluding hydrogens is 3210 g/mol. The van der Waals surface area contributed by atoms with Crippen molar-refractivity contribution in [1.82, 2.24) is 0 Å². The van der Waals surface area contributed by atoms with Crippen molar-refractivity contribution in [1.29, 1.82) is 0 Å². The maximum Gasteiger partial charge on any atom is 0.319 e. The number of anilines is 1.